The molecule has 0 spiro atoms. The molecule has 0 saturated heterocycles. The second kappa shape index (κ2) is 8.02. The predicted molar refractivity (Wildman–Crippen MR) is 109 cm³/mol. The molecule has 1 atom stereocenters. The third kappa shape index (κ3) is 4.09. The highest BCUT2D eigenvalue weighted by Crippen LogP contribution is 2.34. The first-order valence-electron chi connectivity index (χ1n) is 8.60. The molecule has 3 heterocycles. The lowest BCUT2D eigenvalue weighted by Crippen LogP contribution is -2.28. The van der Waals surface area contributed by atoms with Gasteiger partial charge in [0.25, 0.3) is 5.91 Å². The van der Waals surface area contributed by atoms with Crippen molar-refractivity contribution in [1.29, 1.82) is 0 Å². The van der Waals surface area contributed by atoms with Gasteiger partial charge < -0.3 is 0 Å². The fourth-order valence-corrected chi connectivity index (χ4v) is 4.31. The highest BCUT2D eigenvalue weighted by molar-refractivity contribution is 7.99. The third-order valence-electron chi connectivity index (χ3n) is 4.30. The lowest BCUT2D eigenvalue weighted by molar-refractivity contribution is -0.130. The molecule has 2 aromatic heterocycles. The molecular weight excluding hydrogens is 376 g/mol. The van der Waals surface area contributed by atoms with E-state index in [-0.39, 0.29) is 17.7 Å². The molecule has 0 fully saturated rings. The summed E-state index contributed by atoms with van der Waals surface area (Å²) in [4.78, 5) is 22.4. The van der Waals surface area contributed by atoms with Crippen LogP contribution in [0.3, 0.4) is 0 Å². The van der Waals surface area contributed by atoms with E-state index in [4.69, 9.17) is 0 Å². The summed E-state index contributed by atoms with van der Waals surface area (Å²) in [6.45, 7) is 2.06. The predicted octanol–water partition coefficient (Wildman–Crippen LogP) is 4.32. The Balaban J connectivity index is 1.56. The number of thiophene rings is 1. The number of benzene rings is 1. The maximum Gasteiger partial charge on any atom is 0.253 e. The monoisotopic (exact) mass is 394 g/mol. The van der Waals surface area contributed by atoms with Crippen LogP contribution < -0.4 is 0 Å². The molecule has 0 unspecified atom stereocenters. The summed E-state index contributed by atoms with van der Waals surface area (Å²) in [6, 6.07) is 14.1. The number of hydrogen-bond donors (Lipinski definition) is 0. The van der Waals surface area contributed by atoms with Gasteiger partial charge in [0.15, 0.2) is 5.16 Å². The van der Waals surface area contributed by atoms with Crippen LogP contribution in [0.15, 0.2) is 70.5 Å². The molecule has 3 aromatic rings. The van der Waals surface area contributed by atoms with Crippen molar-refractivity contribution in [3.05, 3.63) is 76.2 Å². The highest BCUT2D eigenvalue weighted by atomic mass is 32.2. The second-order valence-electron chi connectivity index (χ2n) is 6.21. The number of hydrogen-bond acceptors (Lipinski definition) is 6. The lowest BCUT2D eigenvalue weighted by Gasteiger charge is -2.22. The number of aromatic nitrogens is 2. The minimum atomic E-state index is -0.0764. The van der Waals surface area contributed by atoms with Crippen molar-refractivity contribution in [2.75, 3.05) is 5.75 Å². The molecule has 0 bridgehead atoms. The second-order valence-corrected chi connectivity index (χ2v) is 8.10. The van der Waals surface area contributed by atoms with Crippen molar-refractivity contribution >= 4 is 34.7 Å². The molecule has 4 rings (SSSR count). The van der Waals surface area contributed by atoms with Gasteiger partial charge in [-0.3, -0.25) is 4.79 Å². The quantitative estimate of drug-likeness (QED) is 0.478. The minimum Gasteiger partial charge on any atom is -0.272 e. The summed E-state index contributed by atoms with van der Waals surface area (Å²) < 4.78 is 0. The first kappa shape index (κ1) is 17.9. The zero-order valence-corrected chi connectivity index (χ0v) is 16.4. The van der Waals surface area contributed by atoms with E-state index in [9.17, 15) is 4.79 Å². The maximum atomic E-state index is 12.9. The maximum absolute atomic E-state index is 12.9. The van der Waals surface area contributed by atoms with Crippen LogP contribution in [0.4, 0.5) is 0 Å². The Kier molecular flexibility index (Phi) is 5.31. The first-order valence-corrected chi connectivity index (χ1v) is 10.5. The Morgan fingerprint density at radius 1 is 1.19 bits per heavy atom. The summed E-state index contributed by atoms with van der Waals surface area (Å²) in [6.07, 6.45) is 4.08. The standard InChI is InChI=1S/C20H18N4OS2/c1-14-5-7-15(8-6-14)17-12-16(18-4-2-11-26-18)23-24(17)19(25)13-27-20-21-9-3-10-22-20/h2-11,17H,12-13H2,1H3/t17-/m1/s1. The van der Waals surface area contributed by atoms with Crippen LogP contribution in [0.25, 0.3) is 0 Å². The molecule has 27 heavy (non-hydrogen) atoms. The number of amides is 1. The van der Waals surface area contributed by atoms with Crippen LogP contribution in [0.2, 0.25) is 0 Å². The van der Waals surface area contributed by atoms with Crippen molar-refractivity contribution in [2.24, 2.45) is 5.10 Å². The van der Waals surface area contributed by atoms with Gasteiger partial charge in [0.1, 0.15) is 0 Å². The number of carbonyl (C=O) groups is 1. The Morgan fingerprint density at radius 3 is 2.67 bits per heavy atom. The lowest BCUT2D eigenvalue weighted by atomic mass is 10.00. The van der Waals surface area contributed by atoms with E-state index >= 15 is 0 Å². The van der Waals surface area contributed by atoms with Gasteiger partial charge in [-0.05, 0) is 30.0 Å². The van der Waals surface area contributed by atoms with E-state index in [1.807, 2.05) is 11.4 Å². The number of nitrogens with zero attached hydrogens (tertiary/aromatic N) is 4. The van der Waals surface area contributed by atoms with E-state index < -0.39 is 0 Å². The molecule has 1 aromatic carbocycles. The molecule has 0 saturated carbocycles. The Hall–Kier alpha value is -2.51. The van der Waals surface area contributed by atoms with Crippen LogP contribution in [-0.2, 0) is 4.79 Å². The van der Waals surface area contributed by atoms with E-state index in [0.29, 0.717) is 5.16 Å². The molecule has 0 radical (unpaired) electrons. The zero-order chi connectivity index (χ0) is 18.6. The van der Waals surface area contributed by atoms with E-state index in [1.165, 1.54) is 17.3 Å². The van der Waals surface area contributed by atoms with Crippen molar-refractivity contribution < 1.29 is 4.79 Å². The number of rotatable bonds is 5. The van der Waals surface area contributed by atoms with Crippen LogP contribution in [0.1, 0.15) is 28.5 Å². The molecule has 7 heteroatoms. The average molecular weight is 395 g/mol. The van der Waals surface area contributed by atoms with Crippen molar-refractivity contribution in [3.8, 4) is 0 Å². The normalized spacial score (nSPS) is 16.4. The number of hydrazone groups is 1. The molecular formula is C20H18N4OS2. The molecule has 1 aliphatic rings. The number of aryl methyl sites for hydroxylation is 1. The van der Waals surface area contributed by atoms with Gasteiger partial charge in [0.2, 0.25) is 0 Å². The Labute approximate surface area is 166 Å². The Bertz CT molecular complexity index is 940. The van der Waals surface area contributed by atoms with Crippen molar-refractivity contribution in [2.45, 2.75) is 24.5 Å². The Morgan fingerprint density at radius 2 is 1.96 bits per heavy atom. The minimum absolute atomic E-state index is 0.0374. The molecule has 136 valence electrons. The van der Waals surface area contributed by atoms with Gasteiger partial charge in [-0.25, -0.2) is 15.0 Å². The van der Waals surface area contributed by atoms with Crippen LogP contribution in [0, 0.1) is 6.92 Å². The number of carbonyl (C=O) groups excluding carboxylic acids is 1. The molecule has 1 amide bonds. The van der Waals surface area contributed by atoms with E-state index in [1.54, 1.807) is 34.8 Å². The topological polar surface area (TPSA) is 58.5 Å². The van der Waals surface area contributed by atoms with Crippen LogP contribution in [-0.4, -0.2) is 32.3 Å². The van der Waals surface area contributed by atoms with E-state index in [2.05, 4.69) is 52.3 Å². The largest absolute Gasteiger partial charge is 0.272 e. The fraction of sp³-hybridized carbons (Fsp3) is 0.200. The van der Waals surface area contributed by atoms with Gasteiger partial charge in [-0.15, -0.1) is 11.3 Å². The summed E-state index contributed by atoms with van der Waals surface area (Å²) in [5, 5.41) is 8.94. The van der Waals surface area contributed by atoms with E-state index in [0.717, 1.165) is 22.6 Å². The van der Waals surface area contributed by atoms with Crippen LogP contribution in [0.5, 0.6) is 0 Å². The molecule has 1 aliphatic heterocycles. The summed E-state index contributed by atoms with van der Waals surface area (Å²) in [5.74, 6) is 0.220. The van der Waals surface area contributed by atoms with Crippen molar-refractivity contribution in [3.63, 3.8) is 0 Å². The zero-order valence-electron chi connectivity index (χ0n) is 14.8. The summed E-state index contributed by atoms with van der Waals surface area (Å²) in [7, 11) is 0. The highest BCUT2D eigenvalue weighted by Gasteiger charge is 2.33. The van der Waals surface area contributed by atoms with Crippen molar-refractivity contribution in [1.82, 2.24) is 15.0 Å². The average Bonchev–Trinajstić information content (AvgIpc) is 3.37. The SMILES string of the molecule is Cc1ccc([C@H]2CC(c3cccs3)=NN2C(=O)CSc2ncccn2)cc1. The molecule has 5 nitrogen and oxygen atoms in total. The molecule has 0 aliphatic carbocycles. The first-order chi connectivity index (χ1) is 13.2. The fourth-order valence-electron chi connectivity index (χ4n) is 2.93. The smallest absolute Gasteiger partial charge is 0.253 e. The molecule has 0 N–H and O–H groups in total. The van der Waals surface area contributed by atoms with Crippen LogP contribution >= 0.6 is 23.1 Å². The van der Waals surface area contributed by atoms with Gasteiger partial charge in [-0.2, -0.15) is 5.10 Å². The van der Waals surface area contributed by atoms with Gasteiger partial charge in [0, 0.05) is 18.8 Å². The third-order valence-corrected chi connectivity index (χ3v) is 6.08. The summed E-state index contributed by atoms with van der Waals surface area (Å²) in [5.41, 5.74) is 3.26. The van der Waals surface area contributed by atoms with Gasteiger partial charge in [-0.1, -0.05) is 47.7 Å². The summed E-state index contributed by atoms with van der Waals surface area (Å²) >= 11 is 2.98. The number of thioether (sulfide) groups is 1. The van der Waals surface area contributed by atoms with Gasteiger partial charge in [0.05, 0.1) is 22.4 Å². The van der Waals surface area contributed by atoms with Gasteiger partial charge >= 0.3 is 0 Å².